The van der Waals surface area contributed by atoms with Crippen LogP contribution in [0.4, 0.5) is 5.69 Å². The van der Waals surface area contributed by atoms with E-state index in [0.29, 0.717) is 6.54 Å². The summed E-state index contributed by atoms with van der Waals surface area (Å²) in [6.45, 7) is 2.59. The third-order valence-corrected chi connectivity index (χ3v) is 3.86. The quantitative estimate of drug-likeness (QED) is 0.334. The lowest BCUT2D eigenvalue weighted by Gasteiger charge is -2.18. The molecule has 1 unspecified atom stereocenters. The Hall–Kier alpha value is -2.01. The minimum absolute atomic E-state index is 0.186. The van der Waals surface area contributed by atoms with E-state index in [-0.39, 0.29) is 11.8 Å². The molecule has 0 radical (unpaired) electrons. The number of nitrogens with one attached hydrogen (secondary N) is 1. The molecule has 0 aliphatic heterocycles. The molecule has 110 valence electrons. The van der Waals surface area contributed by atoms with Gasteiger partial charge in [0.15, 0.2) is 0 Å². The monoisotopic (exact) mass is 347 g/mol. The van der Waals surface area contributed by atoms with Gasteiger partial charge in [-0.2, -0.15) is 0 Å². The number of hydrogen-bond acceptors (Lipinski definition) is 3. The van der Waals surface area contributed by atoms with Crippen molar-refractivity contribution < 1.29 is 5.21 Å². The number of rotatable bonds is 5. The van der Waals surface area contributed by atoms with Crippen molar-refractivity contribution in [3.8, 4) is 0 Å². The van der Waals surface area contributed by atoms with Crippen LogP contribution in [0.1, 0.15) is 17.0 Å². The molecule has 1 atom stereocenters. The molecule has 0 fully saturated rings. The molecular formula is C16H18BrN3O. The zero-order valence-electron chi connectivity index (χ0n) is 11.8. The zero-order chi connectivity index (χ0) is 15.2. The second-order valence-corrected chi connectivity index (χ2v) is 5.74. The maximum atomic E-state index is 8.99. The molecule has 2 rings (SSSR count). The van der Waals surface area contributed by atoms with Crippen LogP contribution < -0.4 is 11.1 Å². The summed E-state index contributed by atoms with van der Waals surface area (Å²) in [5, 5.41) is 15.5. The van der Waals surface area contributed by atoms with Crippen LogP contribution in [0.15, 0.2) is 58.2 Å². The third-order valence-electron chi connectivity index (χ3n) is 3.37. The molecule has 0 heterocycles. The Labute approximate surface area is 132 Å². The van der Waals surface area contributed by atoms with E-state index in [1.165, 1.54) is 0 Å². The van der Waals surface area contributed by atoms with Gasteiger partial charge in [-0.1, -0.05) is 57.5 Å². The Balaban J connectivity index is 2.19. The van der Waals surface area contributed by atoms with Crippen LogP contribution in [-0.2, 0) is 0 Å². The molecule has 0 spiro atoms. The van der Waals surface area contributed by atoms with Crippen molar-refractivity contribution in [1.82, 2.24) is 0 Å². The van der Waals surface area contributed by atoms with Gasteiger partial charge in [0.1, 0.15) is 5.84 Å². The summed E-state index contributed by atoms with van der Waals surface area (Å²) in [4.78, 5) is 0. The Morgan fingerprint density at radius 1 is 1.29 bits per heavy atom. The standard InChI is InChI=1S/C16H18BrN3O/c1-11-7-8-13(17)9-15(11)19-10-14(16(18)20-21)12-5-3-2-4-6-12/h2-9,14,19,21H,10H2,1H3,(H2,18,20). The summed E-state index contributed by atoms with van der Waals surface area (Å²) in [6, 6.07) is 15.8. The summed E-state index contributed by atoms with van der Waals surface area (Å²) < 4.78 is 1.01. The van der Waals surface area contributed by atoms with Crippen LogP contribution in [0.5, 0.6) is 0 Å². The van der Waals surface area contributed by atoms with Crippen molar-refractivity contribution in [2.75, 3.05) is 11.9 Å². The van der Waals surface area contributed by atoms with Crippen LogP contribution in [0.25, 0.3) is 0 Å². The lowest BCUT2D eigenvalue weighted by molar-refractivity contribution is 0.316. The summed E-state index contributed by atoms with van der Waals surface area (Å²) >= 11 is 3.46. The number of anilines is 1. The molecule has 2 aromatic rings. The highest BCUT2D eigenvalue weighted by Crippen LogP contribution is 2.23. The van der Waals surface area contributed by atoms with Gasteiger partial charge in [-0.3, -0.25) is 0 Å². The lowest BCUT2D eigenvalue weighted by atomic mass is 9.98. The van der Waals surface area contributed by atoms with Gasteiger partial charge in [0.25, 0.3) is 0 Å². The number of hydrogen-bond donors (Lipinski definition) is 3. The SMILES string of the molecule is Cc1ccc(Br)cc1NCC(C(N)=NO)c1ccccc1. The number of oxime groups is 1. The van der Waals surface area contributed by atoms with E-state index < -0.39 is 0 Å². The van der Waals surface area contributed by atoms with Gasteiger partial charge in [0.2, 0.25) is 0 Å². The predicted octanol–water partition coefficient (Wildman–Crippen LogP) is 3.70. The zero-order valence-corrected chi connectivity index (χ0v) is 13.3. The fraction of sp³-hybridized carbons (Fsp3) is 0.188. The van der Waals surface area contributed by atoms with E-state index in [4.69, 9.17) is 10.9 Å². The summed E-state index contributed by atoms with van der Waals surface area (Å²) in [5.41, 5.74) is 9.01. The van der Waals surface area contributed by atoms with Crippen LogP contribution in [0.2, 0.25) is 0 Å². The molecule has 4 N–H and O–H groups in total. The van der Waals surface area contributed by atoms with Crippen molar-refractivity contribution in [3.63, 3.8) is 0 Å². The molecule has 5 heteroatoms. The van der Waals surface area contributed by atoms with Crippen LogP contribution in [0, 0.1) is 6.92 Å². The number of benzene rings is 2. The fourth-order valence-electron chi connectivity index (χ4n) is 2.14. The lowest BCUT2D eigenvalue weighted by Crippen LogP contribution is -2.28. The van der Waals surface area contributed by atoms with Gasteiger partial charge in [0, 0.05) is 16.7 Å². The number of aryl methyl sites for hydroxylation is 1. The smallest absolute Gasteiger partial charge is 0.148 e. The van der Waals surface area contributed by atoms with E-state index in [1.807, 2.05) is 55.5 Å². The topological polar surface area (TPSA) is 70.6 Å². The van der Waals surface area contributed by atoms with Gasteiger partial charge in [-0.05, 0) is 30.2 Å². The van der Waals surface area contributed by atoms with E-state index >= 15 is 0 Å². The molecule has 2 aromatic carbocycles. The van der Waals surface area contributed by atoms with E-state index in [2.05, 4.69) is 26.4 Å². The molecule has 21 heavy (non-hydrogen) atoms. The van der Waals surface area contributed by atoms with Crippen molar-refractivity contribution in [2.45, 2.75) is 12.8 Å². The summed E-state index contributed by atoms with van der Waals surface area (Å²) in [7, 11) is 0. The first kappa shape index (κ1) is 15.4. The number of nitrogens with two attached hydrogens (primary N) is 1. The number of amidine groups is 1. The van der Waals surface area contributed by atoms with Crippen molar-refractivity contribution in [2.24, 2.45) is 10.9 Å². The van der Waals surface area contributed by atoms with E-state index in [1.54, 1.807) is 0 Å². The molecule has 4 nitrogen and oxygen atoms in total. The average Bonchev–Trinajstić information content (AvgIpc) is 2.51. The summed E-state index contributed by atoms with van der Waals surface area (Å²) in [6.07, 6.45) is 0. The van der Waals surface area contributed by atoms with Crippen molar-refractivity contribution >= 4 is 27.5 Å². The van der Waals surface area contributed by atoms with E-state index in [0.717, 1.165) is 21.3 Å². The van der Waals surface area contributed by atoms with Gasteiger partial charge in [-0.15, -0.1) is 0 Å². The maximum Gasteiger partial charge on any atom is 0.148 e. The molecule has 0 saturated carbocycles. The molecule has 0 aliphatic rings. The fourth-order valence-corrected chi connectivity index (χ4v) is 2.51. The average molecular weight is 348 g/mol. The predicted molar refractivity (Wildman–Crippen MR) is 90.0 cm³/mol. The minimum Gasteiger partial charge on any atom is -0.409 e. The van der Waals surface area contributed by atoms with E-state index in [9.17, 15) is 0 Å². The highest BCUT2D eigenvalue weighted by molar-refractivity contribution is 9.10. The normalized spacial score (nSPS) is 13.0. The van der Waals surface area contributed by atoms with Gasteiger partial charge < -0.3 is 16.3 Å². The van der Waals surface area contributed by atoms with Gasteiger partial charge >= 0.3 is 0 Å². The Morgan fingerprint density at radius 3 is 2.67 bits per heavy atom. The number of halogens is 1. The Bertz CT molecular complexity index is 629. The first-order valence-corrected chi connectivity index (χ1v) is 7.43. The van der Waals surface area contributed by atoms with Gasteiger partial charge in [0.05, 0.1) is 5.92 Å². The first-order valence-electron chi connectivity index (χ1n) is 6.64. The largest absolute Gasteiger partial charge is 0.409 e. The second kappa shape index (κ2) is 7.13. The Kier molecular flexibility index (Phi) is 5.22. The second-order valence-electron chi connectivity index (χ2n) is 4.83. The van der Waals surface area contributed by atoms with Crippen LogP contribution in [0.3, 0.4) is 0 Å². The Morgan fingerprint density at radius 2 is 2.00 bits per heavy atom. The van der Waals surface area contributed by atoms with Crippen LogP contribution in [-0.4, -0.2) is 17.6 Å². The molecular weight excluding hydrogens is 330 g/mol. The molecule has 0 saturated heterocycles. The molecule has 0 aromatic heterocycles. The maximum absolute atomic E-state index is 8.99. The third kappa shape index (κ3) is 3.98. The van der Waals surface area contributed by atoms with Crippen molar-refractivity contribution in [1.29, 1.82) is 0 Å². The molecule has 0 bridgehead atoms. The first-order chi connectivity index (χ1) is 10.1. The highest BCUT2D eigenvalue weighted by Gasteiger charge is 2.16. The minimum atomic E-state index is -0.186. The molecule has 0 amide bonds. The number of nitrogens with zero attached hydrogens (tertiary/aromatic N) is 1. The molecule has 0 aliphatic carbocycles. The van der Waals surface area contributed by atoms with Gasteiger partial charge in [-0.25, -0.2) is 0 Å². The van der Waals surface area contributed by atoms with Crippen molar-refractivity contribution in [3.05, 3.63) is 64.1 Å². The highest BCUT2D eigenvalue weighted by atomic mass is 79.9. The summed E-state index contributed by atoms with van der Waals surface area (Å²) in [5.74, 6) is 0.0101. The van der Waals surface area contributed by atoms with Crippen LogP contribution >= 0.6 is 15.9 Å².